The Labute approximate surface area is 58.5 Å². The normalized spacial score (nSPS) is 38.2. The van der Waals surface area contributed by atoms with Gasteiger partial charge < -0.3 is 4.74 Å². The van der Waals surface area contributed by atoms with Crippen molar-refractivity contribution in [2.24, 2.45) is 5.41 Å². The first kappa shape index (κ1) is 6.56. The van der Waals surface area contributed by atoms with E-state index in [4.69, 9.17) is 4.74 Å². The molecule has 0 unspecified atom stereocenters. The lowest BCUT2D eigenvalue weighted by Gasteiger charge is -2.16. The number of hydrogen-bond donors (Lipinski definition) is 0. The molecule has 1 nitrogen and oxygen atoms in total. The van der Waals surface area contributed by atoms with Gasteiger partial charge in [-0.05, 0) is 6.42 Å². The Morgan fingerprint density at radius 2 is 2.50 bits per heavy atom. The highest BCUT2D eigenvalue weighted by atomic mass is 79.9. The Balaban J connectivity index is 2.40. The van der Waals surface area contributed by atoms with Gasteiger partial charge in [0.25, 0.3) is 0 Å². The lowest BCUT2D eigenvalue weighted by atomic mass is 9.93. The first-order valence-corrected chi connectivity index (χ1v) is 4.03. The molecule has 1 aliphatic rings. The van der Waals surface area contributed by atoms with Crippen LogP contribution in [0.25, 0.3) is 0 Å². The van der Waals surface area contributed by atoms with Crippen LogP contribution in [0.15, 0.2) is 0 Å². The number of hydrogen-bond acceptors (Lipinski definition) is 1. The highest BCUT2D eigenvalue weighted by Crippen LogP contribution is 2.29. The maximum atomic E-state index is 5.22. The minimum atomic E-state index is 0.431. The van der Waals surface area contributed by atoms with Gasteiger partial charge in [0.2, 0.25) is 0 Å². The minimum absolute atomic E-state index is 0.431. The predicted molar refractivity (Wildman–Crippen MR) is 37.3 cm³/mol. The van der Waals surface area contributed by atoms with Gasteiger partial charge in [-0.25, -0.2) is 0 Å². The Hall–Kier alpha value is 0.440. The molecule has 0 aromatic heterocycles. The fraction of sp³-hybridized carbons (Fsp3) is 1.00. The van der Waals surface area contributed by atoms with E-state index < -0.39 is 0 Å². The molecule has 0 bridgehead atoms. The zero-order valence-corrected chi connectivity index (χ0v) is 6.70. The van der Waals surface area contributed by atoms with Crippen LogP contribution >= 0.6 is 15.9 Å². The lowest BCUT2D eigenvalue weighted by Crippen LogP contribution is -2.16. The van der Waals surface area contributed by atoms with Gasteiger partial charge in [0.15, 0.2) is 0 Å². The molecule has 1 heterocycles. The van der Waals surface area contributed by atoms with Crippen LogP contribution in [-0.2, 0) is 4.74 Å². The van der Waals surface area contributed by atoms with Crippen molar-refractivity contribution in [3.8, 4) is 0 Å². The van der Waals surface area contributed by atoms with Crippen LogP contribution in [0.1, 0.15) is 13.3 Å². The van der Waals surface area contributed by atoms with Crippen molar-refractivity contribution in [3.63, 3.8) is 0 Å². The molecule has 0 aliphatic carbocycles. The summed E-state index contributed by atoms with van der Waals surface area (Å²) in [5, 5.41) is 1.07. The summed E-state index contributed by atoms with van der Waals surface area (Å²) in [6, 6.07) is 0. The quantitative estimate of drug-likeness (QED) is 0.557. The van der Waals surface area contributed by atoms with Crippen molar-refractivity contribution < 1.29 is 4.74 Å². The third-order valence-electron chi connectivity index (χ3n) is 1.62. The molecule has 0 amide bonds. The first-order valence-electron chi connectivity index (χ1n) is 2.91. The van der Waals surface area contributed by atoms with Crippen molar-refractivity contribution >= 4 is 15.9 Å². The van der Waals surface area contributed by atoms with E-state index in [0.717, 1.165) is 18.5 Å². The summed E-state index contributed by atoms with van der Waals surface area (Å²) in [6.45, 7) is 4.12. The van der Waals surface area contributed by atoms with Gasteiger partial charge in [0.1, 0.15) is 0 Å². The molecular weight excluding hydrogens is 168 g/mol. The molecule has 1 fully saturated rings. The van der Waals surface area contributed by atoms with E-state index in [9.17, 15) is 0 Å². The minimum Gasteiger partial charge on any atom is -0.381 e. The molecule has 1 rings (SSSR count). The van der Waals surface area contributed by atoms with Gasteiger partial charge in [-0.15, -0.1) is 0 Å². The van der Waals surface area contributed by atoms with E-state index in [1.165, 1.54) is 6.42 Å². The molecule has 0 spiro atoms. The fourth-order valence-corrected chi connectivity index (χ4v) is 1.26. The van der Waals surface area contributed by atoms with Crippen molar-refractivity contribution in [1.82, 2.24) is 0 Å². The Morgan fingerprint density at radius 1 is 1.75 bits per heavy atom. The number of rotatable bonds is 1. The molecule has 2 heteroatoms. The molecule has 1 aliphatic heterocycles. The van der Waals surface area contributed by atoms with Crippen LogP contribution in [0, 0.1) is 5.41 Å². The number of alkyl halides is 1. The van der Waals surface area contributed by atoms with Gasteiger partial charge in [-0.1, -0.05) is 22.9 Å². The zero-order chi connectivity index (χ0) is 6.04. The van der Waals surface area contributed by atoms with Crippen molar-refractivity contribution in [1.29, 1.82) is 0 Å². The summed E-state index contributed by atoms with van der Waals surface area (Å²) < 4.78 is 5.22. The largest absolute Gasteiger partial charge is 0.381 e. The summed E-state index contributed by atoms with van der Waals surface area (Å²) in [6.07, 6.45) is 1.21. The smallest absolute Gasteiger partial charge is 0.0528 e. The van der Waals surface area contributed by atoms with Crippen LogP contribution in [0.2, 0.25) is 0 Å². The van der Waals surface area contributed by atoms with Crippen LogP contribution in [0.5, 0.6) is 0 Å². The Bertz CT molecular complexity index is 76.6. The average molecular weight is 179 g/mol. The van der Waals surface area contributed by atoms with Crippen LogP contribution in [-0.4, -0.2) is 18.5 Å². The first-order chi connectivity index (χ1) is 3.77. The average Bonchev–Trinajstić information content (AvgIpc) is 2.17. The third-order valence-corrected chi connectivity index (χ3v) is 2.98. The van der Waals surface area contributed by atoms with E-state index in [2.05, 4.69) is 22.9 Å². The number of halogens is 1. The van der Waals surface area contributed by atoms with E-state index in [0.29, 0.717) is 5.41 Å². The van der Waals surface area contributed by atoms with E-state index in [1.807, 2.05) is 0 Å². The molecule has 0 saturated carbocycles. The molecule has 48 valence electrons. The number of ether oxygens (including phenoxy) is 1. The van der Waals surface area contributed by atoms with Gasteiger partial charge in [0.05, 0.1) is 6.61 Å². The molecule has 1 atom stereocenters. The second-order valence-corrected chi connectivity index (χ2v) is 3.31. The predicted octanol–water partition coefficient (Wildman–Crippen LogP) is 1.81. The Morgan fingerprint density at radius 3 is 2.75 bits per heavy atom. The summed E-state index contributed by atoms with van der Waals surface area (Å²) >= 11 is 3.45. The summed E-state index contributed by atoms with van der Waals surface area (Å²) in [7, 11) is 0. The summed E-state index contributed by atoms with van der Waals surface area (Å²) in [4.78, 5) is 0. The maximum absolute atomic E-state index is 5.22. The fourth-order valence-electron chi connectivity index (χ4n) is 0.815. The highest BCUT2D eigenvalue weighted by molar-refractivity contribution is 9.09. The van der Waals surface area contributed by atoms with E-state index >= 15 is 0 Å². The molecule has 0 N–H and O–H groups in total. The molecular formula is C6H11BrO. The second-order valence-electron chi connectivity index (χ2n) is 2.75. The topological polar surface area (TPSA) is 9.23 Å². The van der Waals surface area contributed by atoms with Crippen LogP contribution in [0.3, 0.4) is 0 Å². The van der Waals surface area contributed by atoms with Crippen LogP contribution < -0.4 is 0 Å². The monoisotopic (exact) mass is 178 g/mol. The standard InChI is InChI=1S/C6H11BrO/c1-6(4-7)2-3-8-5-6/h2-5H2,1H3/t6-/m1/s1. The molecule has 0 aromatic rings. The molecule has 8 heavy (non-hydrogen) atoms. The lowest BCUT2D eigenvalue weighted by molar-refractivity contribution is 0.168. The summed E-state index contributed by atoms with van der Waals surface area (Å²) in [5.74, 6) is 0. The van der Waals surface area contributed by atoms with Crippen molar-refractivity contribution in [3.05, 3.63) is 0 Å². The van der Waals surface area contributed by atoms with E-state index in [-0.39, 0.29) is 0 Å². The molecule has 0 aromatic carbocycles. The van der Waals surface area contributed by atoms with Gasteiger partial charge in [-0.2, -0.15) is 0 Å². The van der Waals surface area contributed by atoms with Gasteiger partial charge in [-0.3, -0.25) is 0 Å². The van der Waals surface area contributed by atoms with Crippen molar-refractivity contribution in [2.75, 3.05) is 18.5 Å². The van der Waals surface area contributed by atoms with E-state index in [1.54, 1.807) is 0 Å². The zero-order valence-electron chi connectivity index (χ0n) is 5.11. The van der Waals surface area contributed by atoms with Gasteiger partial charge >= 0.3 is 0 Å². The van der Waals surface area contributed by atoms with Crippen molar-refractivity contribution in [2.45, 2.75) is 13.3 Å². The maximum Gasteiger partial charge on any atom is 0.0528 e. The summed E-state index contributed by atoms with van der Waals surface area (Å²) in [5.41, 5.74) is 0.431. The molecule has 0 radical (unpaired) electrons. The Kier molecular flexibility index (Phi) is 1.93. The third kappa shape index (κ3) is 1.23. The highest BCUT2D eigenvalue weighted by Gasteiger charge is 2.27. The second kappa shape index (κ2) is 2.36. The van der Waals surface area contributed by atoms with Crippen LogP contribution in [0.4, 0.5) is 0 Å². The molecule has 1 saturated heterocycles. The van der Waals surface area contributed by atoms with Gasteiger partial charge in [0, 0.05) is 17.4 Å². The SMILES string of the molecule is C[C@]1(CBr)CCOC1.